The van der Waals surface area contributed by atoms with Gasteiger partial charge in [0.2, 0.25) is 0 Å². The Morgan fingerprint density at radius 3 is 2.41 bits per heavy atom. The van der Waals surface area contributed by atoms with Gasteiger partial charge >= 0.3 is 0 Å². The minimum atomic E-state index is -2.56. The molecule has 0 fully saturated rings. The lowest BCUT2D eigenvalue weighted by Gasteiger charge is -2.28. The highest BCUT2D eigenvalue weighted by atomic mass is 16.5. The van der Waals surface area contributed by atoms with Crippen molar-refractivity contribution < 1.29 is 19.1 Å². The molecule has 0 aliphatic heterocycles. The molecule has 0 spiro atoms. The minimum Gasteiger partial charge on any atom is -0.496 e. The zero-order valence-corrected chi connectivity index (χ0v) is 14.7. The van der Waals surface area contributed by atoms with E-state index < -0.39 is 23.7 Å². The standard InChI is InChI=1S/C18H31NO3/c1-8-17(3,4)19-11-15(20)13-9-12(2)16(22-7)14(10-13)18(5,6)21/h9-10,15,19-21H,8,11H2,1-7H3/t15-/m0/s1/i11D2,15D. The number of β-amino-alcohol motifs (C(OH)–C–C–N with tert-alkyl or cyclic N) is 1. The van der Waals surface area contributed by atoms with Crippen molar-refractivity contribution in [3.63, 3.8) is 0 Å². The van der Waals surface area contributed by atoms with Gasteiger partial charge in [-0.3, -0.25) is 0 Å². The van der Waals surface area contributed by atoms with E-state index in [1.54, 1.807) is 20.8 Å². The Hall–Kier alpha value is -1.10. The first kappa shape index (κ1) is 14.5. The number of aryl methyl sites for hydroxylation is 1. The summed E-state index contributed by atoms with van der Waals surface area (Å²) in [4.78, 5) is 0. The summed E-state index contributed by atoms with van der Waals surface area (Å²) in [6, 6.07) is 2.94. The third-order valence-corrected chi connectivity index (χ3v) is 3.81. The third kappa shape index (κ3) is 4.70. The largest absolute Gasteiger partial charge is 0.496 e. The zero-order chi connectivity index (χ0) is 19.8. The van der Waals surface area contributed by atoms with E-state index in [0.717, 1.165) is 0 Å². The maximum atomic E-state index is 10.8. The van der Waals surface area contributed by atoms with Crippen LogP contribution >= 0.6 is 0 Å². The molecule has 3 N–H and O–H groups in total. The Morgan fingerprint density at radius 1 is 1.36 bits per heavy atom. The quantitative estimate of drug-likeness (QED) is 0.724. The Kier molecular flexibility index (Phi) is 4.60. The first-order chi connectivity index (χ1) is 11.1. The van der Waals surface area contributed by atoms with Crippen LogP contribution in [0.4, 0.5) is 0 Å². The van der Waals surface area contributed by atoms with E-state index in [2.05, 4.69) is 5.32 Å². The molecule has 1 rings (SSSR count). The van der Waals surface area contributed by atoms with E-state index in [1.807, 2.05) is 20.8 Å². The van der Waals surface area contributed by atoms with Gasteiger partial charge in [-0.2, -0.15) is 0 Å². The van der Waals surface area contributed by atoms with E-state index in [0.29, 0.717) is 23.3 Å². The molecular weight excluding hydrogens is 278 g/mol. The maximum Gasteiger partial charge on any atom is 0.127 e. The van der Waals surface area contributed by atoms with E-state index in [1.165, 1.54) is 19.2 Å². The summed E-state index contributed by atoms with van der Waals surface area (Å²) in [6.45, 7) is 7.98. The molecule has 4 heteroatoms. The van der Waals surface area contributed by atoms with Gasteiger partial charge in [0.15, 0.2) is 0 Å². The van der Waals surface area contributed by atoms with Crippen LogP contribution < -0.4 is 10.1 Å². The fraction of sp³-hybridized carbons (Fsp3) is 0.667. The van der Waals surface area contributed by atoms with Crippen molar-refractivity contribution in [2.24, 2.45) is 0 Å². The van der Waals surface area contributed by atoms with Gasteiger partial charge in [-0.05, 0) is 64.3 Å². The number of rotatable bonds is 7. The van der Waals surface area contributed by atoms with Crippen LogP contribution in [-0.2, 0) is 5.60 Å². The van der Waals surface area contributed by atoms with Gasteiger partial charge in [-0.25, -0.2) is 0 Å². The van der Waals surface area contributed by atoms with Gasteiger partial charge in [0.25, 0.3) is 0 Å². The lowest BCUT2D eigenvalue weighted by Crippen LogP contribution is -2.40. The predicted molar refractivity (Wildman–Crippen MR) is 90.3 cm³/mol. The lowest BCUT2D eigenvalue weighted by molar-refractivity contribution is 0.0750. The van der Waals surface area contributed by atoms with Crippen LogP contribution in [0.25, 0.3) is 0 Å². The fourth-order valence-corrected chi connectivity index (χ4v) is 2.02. The van der Waals surface area contributed by atoms with E-state index in [9.17, 15) is 10.2 Å². The molecule has 126 valence electrons. The number of hydrogen-bond donors (Lipinski definition) is 3. The summed E-state index contributed by atoms with van der Waals surface area (Å²) in [5.41, 5.74) is -0.827. The predicted octanol–water partition coefficient (Wildman–Crippen LogP) is 3.04. The molecule has 0 aliphatic rings. The first-order valence-corrected chi connectivity index (χ1v) is 7.52. The molecule has 0 bridgehead atoms. The molecule has 1 atom stereocenters. The summed E-state index contributed by atoms with van der Waals surface area (Å²) in [5.74, 6) is 0.453. The number of methoxy groups -OCH3 is 1. The van der Waals surface area contributed by atoms with Crippen LogP contribution in [0.3, 0.4) is 0 Å². The highest BCUT2D eigenvalue weighted by Crippen LogP contribution is 2.35. The summed E-state index contributed by atoms with van der Waals surface area (Å²) in [7, 11) is 1.48. The fourth-order valence-electron chi connectivity index (χ4n) is 2.02. The van der Waals surface area contributed by atoms with Crippen LogP contribution in [-0.4, -0.2) is 29.4 Å². The molecule has 0 amide bonds. The van der Waals surface area contributed by atoms with Crippen molar-refractivity contribution in [3.8, 4) is 5.75 Å². The van der Waals surface area contributed by atoms with Gasteiger partial charge < -0.3 is 20.3 Å². The summed E-state index contributed by atoms with van der Waals surface area (Å²) in [5, 5.41) is 23.9. The molecule has 0 saturated carbocycles. The topological polar surface area (TPSA) is 61.7 Å². The van der Waals surface area contributed by atoms with Crippen molar-refractivity contribution in [1.82, 2.24) is 5.32 Å². The molecule has 4 nitrogen and oxygen atoms in total. The van der Waals surface area contributed by atoms with E-state index in [4.69, 9.17) is 8.85 Å². The second-order valence-electron chi connectivity index (χ2n) is 6.77. The molecule has 0 radical (unpaired) electrons. The zero-order valence-electron chi connectivity index (χ0n) is 17.7. The van der Waals surface area contributed by atoms with E-state index in [-0.39, 0.29) is 5.56 Å². The number of hydrogen-bond acceptors (Lipinski definition) is 4. The monoisotopic (exact) mass is 312 g/mol. The lowest BCUT2D eigenvalue weighted by atomic mass is 9.91. The molecular formula is C18H31NO3. The second-order valence-corrected chi connectivity index (χ2v) is 6.77. The normalized spacial score (nSPS) is 18.1. The maximum absolute atomic E-state index is 10.8. The average Bonchev–Trinajstić information content (AvgIpc) is 2.44. The van der Waals surface area contributed by atoms with Gasteiger partial charge in [-0.15, -0.1) is 0 Å². The number of benzene rings is 1. The molecule has 0 unspecified atom stereocenters. The van der Waals surface area contributed by atoms with Gasteiger partial charge in [-0.1, -0.05) is 6.92 Å². The van der Waals surface area contributed by atoms with Crippen molar-refractivity contribution in [2.75, 3.05) is 13.6 Å². The number of aliphatic hydroxyl groups is 2. The van der Waals surface area contributed by atoms with Crippen LogP contribution in [0.15, 0.2) is 12.1 Å². The van der Waals surface area contributed by atoms with Crippen molar-refractivity contribution in [1.29, 1.82) is 0 Å². The molecule has 0 saturated heterocycles. The SMILES string of the molecule is [2H]C([2H])(NC(C)(C)CC)[C@]([2H])(O)c1cc(C)c(OC)c(C(C)(C)O)c1. The molecule has 0 aliphatic carbocycles. The molecule has 1 aromatic rings. The highest BCUT2D eigenvalue weighted by Gasteiger charge is 2.25. The Balaban J connectivity index is 3.50. The number of ether oxygens (including phenoxy) is 1. The van der Waals surface area contributed by atoms with Gasteiger partial charge in [0, 0.05) is 20.3 Å². The average molecular weight is 312 g/mol. The molecule has 0 heterocycles. The third-order valence-electron chi connectivity index (χ3n) is 3.81. The Morgan fingerprint density at radius 2 is 1.95 bits per heavy atom. The minimum absolute atomic E-state index is 0.0485. The summed E-state index contributed by atoms with van der Waals surface area (Å²) in [6.07, 6.45) is -1.93. The van der Waals surface area contributed by atoms with Gasteiger partial charge in [0.1, 0.15) is 5.75 Å². The molecule has 22 heavy (non-hydrogen) atoms. The van der Waals surface area contributed by atoms with Crippen LogP contribution in [0.5, 0.6) is 5.75 Å². The smallest absolute Gasteiger partial charge is 0.127 e. The molecule has 1 aromatic carbocycles. The second kappa shape index (κ2) is 6.99. The van der Waals surface area contributed by atoms with Crippen LogP contribution in [0.2, 0.25) is 0 Å². The Bertz CT molecular complexity index is 623. The van der Waals surface area contributed by atoms with E-state index >= 15 is 0 Å². The van der Waals surface area contributed by atoms with Gasteiger partial charge in [0.05, 0.1) is 20.2 Å². The summed E-state index contributed by atoms with van der Waals surface area (Å²) < 4.78 is 30.2. The van der Waals surface area contributed by atoms with Crippen LogP contribution in [0, 0.1) is 6.92 Å². The first-order valence-electron chi connectivity index (χ1n) is 9.02. The van der Waals surface area contributed by atoms with Crippen LogP contribution in [0.1, 0.15) is 67.9 Å². The molecule has 0 aromatic heterocycles. The number of nitrogens with one attached hydrogen (secondary N) is 1. The van der Waals surface area contributed by atoms with Crippen molar-refractivity contribution in [3.05, 3.63) is 28.8 Å². The highest BCUT2D eigenvalue weighted by molar-refractivity contribution is 5.47. The Labute approximate surface area is 138 Å². The summed E-state index contributed by atoms with van der Waals surface area (Å²) >= 11 is 0. The van der Waals surface area contributed by atoms with Crippen molar-refractivity contribution >= 4 is 0 Å². The van der Waals surface area contributed by atoms with Crippen molar-refractivity contribution in [2.45, 2.75) is 65.2 Å².